The average molecular weight is 222 g/mol. The highest BCUT2D eigenvalue weighted by molar-refractivity contribution is 5.93. The second-order valence-electron chi connectivity index (χ2n) is 3.41. The van der Waals surface area contributed by atoms with E-state index in [1.54, 1.807) is 18.3 Å². The fourth-order valence-electron chi connectivity index (χ4n) is 1.37. The van der Waals surface area contributed by atoms with Crippen molar-refractivity contribution in [2.24, 2.45) is 0 Å². The quantitative estimate of drug-likeness (QED) is 0.679. The molecular weight excluding hydrogens is 208 g/mol. The number of nitrogens with one attached hydrogen (secondary N) is 2. The molecule has 0 bridgehead atoms. The van der Waals surface area contributed by atoms with E-state index in [0.29, 0.717) is 18.8 Å². The van der Waals surface area contributed by atoms with Crippen LogP contribution in [0.15, 0.2) is 24.5 Å². The van der Waals surface area contributed by atoms with Crippen molar-refractivity contribution in [2.45, 2.75) is 0 Å². The maximum atomic E-state index is 11.6. The van der Waals surface area contributed by atoms with E-state index in [0.717, 1.165) is 13.1 Å². The maximum Gasteiger partial charge on any atom is 0.268 e. The second kappa shape index (κ2) is 5.55. The Morgan fingerprint density at radius 3 is 2.94 bits per heavy atom. The predicted octanol–water partition coefficient (Wildman–Crippen LogP) is -0.437. The van der Waals surface area contributed by atoms with Crippen LogP contribution in [-0.2, 0) is 4.74 Å². The number of nitrogens with zero attached hydrogens (tertiary/aromatic N) is 2. The Hall–Kier alpha value is -1.50. The standard InChI is InChI=1S/C10H14N4O2/c15-10(9-2-1-3-11-8-9)12-13-14-4-6-16-7-5-14/h1-3,8,13H,4-7H2,(H,12,15). The molecule has 0 aliphatic carbocycles. The minimum absolute atomic E-state index is 0.195. The van der Waals surface area contributed by atoms with Crippen molar-refractivity contribution in [3.63, 3.8) is 0 Å². The summed E-state index contributed by atoms with van der Waals surface area (Å²) >= 11 is 0. The van der Waals surface area contributed by atoms with Crippen LogP contribution in [0.1, 0.15) is 10.4 Å². The monoisotopic (exact) mass is 222 g/mol. The van der Waals surface area contributed by atoms with Crippen LogP contribution in [0.3, 0.4) is 0 Å². The molecule has 0 unspecified atom stereocenters. The molecule has 1 fully saturated rings. The zero-order chi connectivity index (χ0) is 11.2. The van der Waals surface area contributed by atoms with Gasteiger partial charge in [0.25, 0.3) is 5.91 Å². The molecule has 1 saturated heterocycles. The molecule has 1 aliphatic rings. The fraction of sp³-hybridized carbons (Fsp3) is 0.400. The molecule has 1 aromatic rings. The van der Waals surface area contributed by atoms with Crippen molar-refractivity contribution in [3.05, 3.63) is 30.1 Å². The topological polar surface area (TPSA) is 66.5 Å². The van der Waals surface area contributed by atoms with Gasteiger partial charge < -0.3 is 4.74 Å². The van der Waals surface area contributed by atoms with E-state index >= 15 is 0 Å². The van der Waals surface area contributed by atoms with Gasteiger partial charge in [-0.05, 0) is 12.1 Å². The molecule has 16 heavy (non-hydrogen) atoms. The second-order valence-corrected chi connectivity index (χ2v) is 3.41. The summed E-state index contributed by atoms with van der Waals surface area (Å²) in [4.78, 5) is 15.5. The molecule has 0 radical (unpaired) electrons. The van der Waals surface area contributed by atoms with Gasteiger partial charge >= 0.3 is 0 Å². The van der Waals surface area contributed by atoms with Gasteiger partial charge in [0.2, 0.25) is 0 Å². The highest BCUT2D eigenvalue weighted by Crippen LogP contribution is 1.95. The van der Waals surface area contributed by atoms with Crippen molar-refractivity contribution < 1.29 is 9.53 Å². The summed E-state index contributed by atoms with van der Waals surface area (Å²) in [6, 6.07) is 3.44. The number of hydrogen-bond donors (Lipinski definition) is 2. The molecule has 86 valence electrons. The van der Waals surface area contributed by atoms with Gasteiger partial charge in [0, 0.05) is 25.5 Å². The van der Waals surface area contributed by atoms with Gasteiger partial charge in [-0.25, -0.2) is 5.01 Å². The Labute approximate surface area is 93.5 Å². The molecule has 6 heteroatoms. The molecule has 1 aliphatic heterocycles. The molecule has 0 saturated carbocycles. The Kier molecular flexibility index (Phi) is 3.81. The van der Waals surface area contributed by atoms with E-state index in [4.69, 9.17) is 4.74 Å². The van der Waals surface area contributed by atoms with Crippen LogP contribution in [0.2, 0.25) is 0 Å². The molecule has 0 spiro atoms. The number of carbonyl (C=O) groups is 1. The largest absolute Gasteiger partial charge is 0.379 e. The summed E-state index contributed by atoms with van der Waals surface area (Å²) in [5, 5.41) is 1.90. The maximum absolute atomic E-state index is 11.6. The van der Waals surface area contributed by atoms with Gasteiger partial charge in [-0.15, -0.1) is 0 Å². The van der Waals surface area contributed by atoms with Crippen molar-refractivity contribution in [2.75, 3.05) is 26.3 Å². The number of pyridine rings is 1. The van der Waals surface area contributed by atoms with E-state index in [1.165, 1.54) is 6.20 Å². The van der Waals surface area contributed by atoms with E-state index in [1.807, 2.05) is 5.01 Å². The highest BCUT2D eigenvalue weighted by atomic mass is 16.5. The van der Waals surface area contributed by atoms with E-state index in [9.17, 15) is 4.79 Å². The Bertz CT molecular complexity index is 338. The van der Waals surface area contributed by atoms with Crippen LogP contribution in [0, 0.1) is 0 Å². The molecule has 1 amide bonds. The Morgan fingerprint density at radius 1 is 1.44 bits per heavy atom. The summed E-state index contributed by atoms with van der Waals surface area (Å²) < 4.78 is 5.19. The molecule has 1 aromatic heterocycles. The summed E-state index contributed by atoms with van der Waals surface area (Å²) in [7, 11) is 0. The van der Waals surface area contributed by atoms with Gasteiger partial charge in [0.05, 0.1) is 18.8 Å². The van der Waals surface area contributed by atoms with E-state index in [2.05, 4.69) is 15.9 Å². The molecule has 2 heterocycles. The van der Waals surface area contributed by atoms with Crippen LogP contribution >= 0.6 is 0 Å². The number of carbonyl (C=O) groups excluding carboxylic acids is 1. The lowest BCUT2D eigenvalue weighted by atomic mass is 10.3. The number of hydrazine groups is 2. The van der Waals surface area contributed by atoms with Crippen LogP contribution in [-0.4, -0.2) is 42.2 Å². The van der Waals surface area contributed by atoms with Gasteiger partial charge in [-0.3, -0.25) is 15.2 Å². The van der Waals surface area contributed by atoms with Crippen molar-refractivity contribution in [1.29, 1.82) is 0 Å². The average Bonchev–Trinajstić information content (AvgIpc) is 2.38. The van der Waals surface area contributed by atoms with Gasteiger partial charge in [0.1, 0.15) is 0 Å². The summed E-state index contributed by atoms with van der Waals surface area (Å²) in [6.07, 6.45) is 3.16. The molecule has 0 aromatic carbocycles. The molecule has 2 rings (SSSR count). The molecule has 6 nitrogen and oxygen atoms in total. The van der Waals surface area contributed by atoms with Crippen LogP contribution in [0.4, 0.5) is 0 Å². The number of rotatable bonds is 3. The molecule has 0 atom stereocenters. The Balaban J connectivity index is 1.79. The number of hydrogen-bond acceptors (Lipinski definition) is 5. The van der Waals surface area contributed by atoms with Crippen molar-refractivity contribution in [3.8, 4) is 0 Å². The van der Waals surface area contributed by atoms with Gasteiger partial charge in [0.15, 0.2) is 0 Å². The summed E-state index contributed by atoms with van der Waals surface area (Å²) in [6.45, 7) is 2.87. The molecule has 2 N–H and O–H groups in total. The third kappa shape index (κ3) is 2.99. The van der Waals surface area contributed by atoms with Crippen molar-refractivity contribution >= 4 is 5.91 Å². The summed E-state index contributed by atoms with van der Waals surface area (Å²) in [5.74, 6) is -0.195. The number of aromatic nitrogens is 1. The zero-order valence-electron chi connectivity index (χ0n) is 8.85. The number of ether oxygens (including phenoxy) is 1. The van der Waals surface area contributed by atoms with E-state index in [-0.39, 0.29) is 5.91 Å². The fourth-order valence-corrected chi connectivity index (χ4v) is 1.37. The highest BCUT2D eigenvalue weighted by Gasteiger charge is 2.11. The Morgan fingerprint density at radius 2 is 2.25 bits per heavy atom. The number of amides is 1. The smallest absolute Gasteiger partial charge is 0.268 e. The van der Waals surface area contributed by atoms with Gasteiger partial charge in [-0.1, -0.05) is 0 Å². The SMILES string of the molecule is O=C(NNN1CCOCC1)c1cccnc1. The lowest BCUT2D eigenvalue weighted by Gasteiger charge is -2.27. The first kappa shape index (κ1) is 11.0. The lowest BCUT2D eigenvalue weighted by molar-refractivity contribution is 0.00223. The summed E-state index contributed by atoms with van der Waals surface area (Å²) in [5.41, 5.74) is 5.99. The first-order valence-electron chi connectivity index (χ1n) is 5.15. The first-order valence-corrected chi connectivity index (χ1v) is 5.15. The zero-order valence-corrected chi connectivity index (χ0v) is 8.85. The molecular formula is C10H14N4O2. The third-order valence-electron chi connectivity index (χ3n) is 2.26. The predicted molar refractivity (Wildman–Crippen MR) is 57.2 cm³/mol. The van der Waals surface area contributed by atoms with Crippen LogP contribution in [0.5, 0.6) is 0 Å². The van der Waals surface area contributed by atoms with Crippen LogP contribution < -0.4 is 11.0 Å². The van der Waals surface area contributed by atoms with Crippen molar-refractivity contribution in [1.82, 2.24) is 21.0 Å². The minimum Gasteiger partial charge on any atom is -0.379 e. The van der Waals surface area contributed by atoms with Gasteiger partial charge in [-0.2, -0.15) is 5.53 Å². The third-order valence-corrected chi connectivity index (χ3v) is 2.26. The number of morpholine rings is 1. The normalized spacial score (nSPS) is 17.0. The van der Waals surface area contributed by atoms with Crippen LogP contribution in [0.25, 0.3) is 0 Å². The minimum atomic E-state index is -0.195. The first-order chi connectivity index (χ1) is 7.86. The van der Waals surface area contributed by atoms with E-state index < -0.39 is 0 Å². The lowest BCUT2D eigenvalue weighted by Crippen LogP contribution is -2.53.